The summed E-state index contributed by atoms with van der Waals surface area (Å²) in [6, 6.07) is 4.80. The van der Waals surface area contributed by atoms with Crippen LogP contribution in [0.4, 0.5) is 0 Å². The lowest BCUT2D eigenvalue weighted by Crippen LogP contribution is -1.96. The first-order valence-corrected chi connectivity index (χ1v) is 6.43. The van der Waals surface area contributed by atoms with Gasteiger partial charge in [0, 0.05) is 27.8 Å². The van der Waals surface area contributed by atoms with Crippen LogP contribution in [0.5, 0.6) is 5.75 Å². The molecule has 0 aliphatic heterocycles. The number of nitrogens with one attached hydrogen (secondary N) is 1. The molecule has 0 saturated carbocycles. The number of fused-ring (bicyclic) bond motifs is 1. The van der Waals surface area contributed by atoms with Gasteiger partial charge in [0.1, 0.15) is 10.6 Å². The Bertz CT molecular complexity index is 603. The van der Waals surface area contributed by atoms with Crippen molar-refractivity contribution in [3.05, 3.63) is 24.4 Å². The minimum Gasteiger partial charge on any atom is -0.495 e. The number of halogens is 1. The number of methoxy groups -OCH3 is 1. The van der Waals surface area contributed by atoms with Crippen LogP contribution >= 0.6 is 10.7 Å². The van der Waals surface area contributed by atoms with Gasteiger partial charge in [-0.3, -0.25) is 0 Å². The largest absolute Gasteiger partial charge is 0.495 e. The Balaban J connectivity index is 2.87. The second kappa shape index (κ2) is 3.43. The van der Waals surface area contributed by atoms with Gasteiger partial charge in [0.2, 0.25) is 0 Å². The third kappa shape index (κ3) is 1.68. The van der Waals surface area contributed by atoms with Gasteiger partial charge in [-0.15, -0.1) is 0 Å². The van der Waals surface area contributed by atoms with Gasteiger partial charge in [0.15, 0.2) is 0 Å². The first-order valence-electron chi connectivity index (χ1n) is 4.13. The molecule has 4 nitrogen and oxygen atoms in total. The van der Waals surface area contributed by atoms with Gasteiger partial charge in [0.05, 0.1) is 7.11 Å². The minimum atomic E-state index is -3.78. The number of aromatic nitrogens is 1. The Morgan fingerprint density at radius 2 is 2.07 bits per heavy atom. The van der Waals surface area contributed by atoms with Crippen LogP contribution < -0.4 is 4.74 Å². The zero-order valence-corrected chi connectivity index (χ0v) is 9.39. The molecule has 0 unspecified atom stereocenters. The number of rotatable bonds is 2. The standard InChI is InChI=1S/C9H8ClNO3S/c1-14-9-6-4-5-11-7(6)2-3-8(9)15(10,12)13/h2-5,11H,1H3. The summed E-state index contributed by atoms with van der Waals surface area (Å²) in [7, 11) is 2.92. The first-order chi connectivity index (χ1) is 7.04. The van der Waals surface area contributed by atoms with E-state index in [0.717, 1.165) is 5.52 Å². The molecule has 0 spiro atoms. The lowest BCUT2D eigenvalue weighted by atomic mass is 10.2. The summed E-state index contributed by atoms with van der Waals surface area (Å²) < 4.78 is 27.6. The van der Waals surface area contributed by atoms with E-state index in [1.807, 2.05) is 0 Å². The summed E-state index contributed by atoms with van der Waals surface area (Å²) in [5.74, 6) is 0.267. The third-order valence-electron chi connectivity index (χ3n) is 2.12. The Hall–Kier alpha value is -1.20. The quantitative estimate of drug-likeness (QED) is 0.825. The topological polar surface area (TPSA) is 59.2 Å². The molecule has 1 aromatic heterocycles. The van der Waals surface area contributed by atoms with Crippen molar-refractivity contribution in [3.63, 3.8) is 0 Å². The Morgan fingerprint density at radius 1 is 1.33 bits per heavy atom. The van der Waals surface area contributed by atoms with Crippen LogP contribution in [0, 0.1) is 0 Å². The molecule has 0 amide bonds. The number of ether oxygens (including phenoxy) is 1. The zero-order chi connectivity index (χ0) is 11.1. The molecule has 1 aromatic carbocycles. The highest BCUT2D eigenvalue weighted by atomic mass is 35.7. The fraction of sp³-hybridized carbons (Fsp3) is 0.111. The van der Waals surface area contributed by atoms with E-state index < -0.39 is 9.05 Å². The van der Waals surface area contributed by atoms with Gasteiger partial charge in [-0.1, -0.05) is 0 Å². The smallest absolute Gasteiger partial charge is 0.265 e. The molecule has 6 heteroatoms. The first kappa shape index (κ1) is 10.3. The predicted molar refractivity (Wildman–Crippen MR) is 57.9 cm³/mol. The van der Waals surface area contributed by atoms with Gasteiger partial charge in [0.25, 0.3) is 9.05 Å². The molecule has 0 aliphatic carbocycles. The molecule has 0 fully saturated rings. The van der Waals surface area contributed by atoms with Crippen LogP contribution in [-0.2, 0) is 9.05 Å². The Morgan fingerprint density at radius 3 is 2.67 bits per heavy atom. The summed E-state index contributed by atoms with van der Waals surface area (Å²) in [5, 5.41) is 0.694. The molecule has 0 radical (unpaired) electrons. The SMILES string of the molecule is COc1c(S(=O)(=O)Cl)ccc2[nH]ccc12. The van der Waals surface area contributed by atoms with Crippen molar-refractivity contribution < 1.29 is 13.2 Å². The molecule has 0 atom stereocenters. The normalized spacial score (nSPS) is 11.9. The highest BCUT2D eigenvalue weighted by molar-refractivity contribution is 8.13. The number of H-pyrrole nitrogens is 1. The highest BCUT2D eigenvalue weighted by Gasteiger charge is 2.18. The van der Waals surface area contributed by atoms with Crippen LogP contribution in [0.2, 0.25) is 0 Å². The van der Waals surface area contributed by atoms with E-state index in [9.17, 15) is 8.42 Å². The van der Waals surface area contributed by atoms with E-state index in [-0.39, 0.29) is 10.6 Å². The zero-order valence-electron chi connectivity index (χ0n) is 7.82. The van der Waals surface area contributed by atoms with Crippen LogP contribution in [0.25, 0.3) is 10.9 Å². The number of hydrogen-bond donors (Lipinski definition) is 1. The number of hydrogen-bond acceptors (Lipinski definition) is 3. The molecule has 0 saturated heterocycles. The minimum absolute atomic E-state index is 0.0150. The molecule has 2 aromatic rings. The van der Waals surface area contributed by atoms with E-state index in [1.165, 1.54) is 13.2 Å². The maximum atomic E-state index is 11.3. The molecule has 80 valence electrons. The van der Waals surface area contributed by atoms with Gasteiger partial charge >= 0.3 is 0 Å². The number of benzene rings is 1. The number of aromatic amines is 1. The monoisotopic (exact) mass is 245 g/mol. The second-order valence-corrected chi connectivity index (χ2v) is 5.51. The van der Waals surface area contributed by atoms with E-state index >= 15 is 0 Å². The summed E-state index contributed by atoms with van der Waals surface area (Å²) in [5.41, 5.74) is 0.802. The Labute approximate surface area is 91.2 Å². The van der Waals surface area contributed by atoms with Crippen molar-refractivity contribution in [3.8, 4) is 5.75 Å². The van der Waals surface area contributed by atoms with Gasteiger partial charge in [-0.2, -0.15) is 0 Å². The third-order valence-corrected chi connectivity index (χ3v) is 3.46. The Kier molecular flexibility index (Phi) is 2.36. The maximum absolute atomic E-state index is 11.3. The fourth-order valence-corrected chi connectivity index (χ4v) is 2.50. The lowest BCUT2D eigenvalue weighted by molar-refractivity contribution is 0.408. The van der Waals surface area contributed by atoms with Crippen molar-refractivity contribution in [2.24, 2.45) is 0 Å². The molecule has 1 N–H and O–H groups in total. The van der Waals surface area contributed by atoms with Crippen LogP contribution in [0.3, 0.4) is 0 Å². The molecular formula is C9H8ClNO3S. The summed E-state index contributed by atoms with van der Waals surface area (Å²) in [4.78, 5) is 2.94. The van der Waals surface area contributed by atoms with E-state index in [4.69, 9.17) is 15.4 Å². The molecular weight excluding hydrogens is 238 g/mol. The average Bonchev–Trinajstić information content (AvgIpc) is 2.61. The molecule has 1 heterocycles. The van der Waals surface area contributed by atoms with Crippen molar-refractivity contribution in [1.29, 1.82) is 0 Å². The molecule has 15 heavy (non-hydrogen) atoms. The van der Waals surface area contributed by atoms with Crippen molar-refractivity contribution in [1.82, 2.24) is 4.98 Å². The molecule has 0 bridgehead atoms. The van der Waals surface area contributed by atoms with Crippen LogP contribution in [0.15, 0.2) is 29.3 Å². The highest BCUT2D eigenvalue weighted by Crippen LogP contribution is 2.33. The molecule has 2 rings (SSSR count). The summed E-state index contributed by atoms with van der Waals surface area (Å²) >= 11 is 0. The summed E-state index contributed by atoms with van der Waals surface area (Å²) in [6.45, 7) is 0. The van der Waals surface area contributed by atoms with Gasteiger partial charge in [-0.05, 0) is 18.2 Å². The van der Waals surface area contributed by atoms with E-state index in [2.05, 4.69) is 4.98 Å². The van der Waals surface area contributed by atoms with E-state index in [0.29, 0.717) is 5.39 Å². The average molecular weight is 246 g/mol. The lowest BCUT2D eigenvalue weighted by Gasteiger charge is -2.06. The predicted octanol–water partition coefficient (Wildman–Crippen LogP) is 2.10. The van der Waals surface area contributed by atoms with Crippen LogP contribution in [0.1, 0.15) is 0 Å². The second-order valence-electron chi connectivity index (χ2n) is 2.97. The van der Waals surface area contributed by atoms with Gasteiger partial charge < -0.3 is 9.72 Å². The van der Waals surface area contributed by atoms with E-state index in [1.54, 1.807) is 18.3 Å². The van der Waals surface area contributed by atoms with Crippen molar-refractivity contribution in [2.45, 2.75) is 4.90 Å². The van der Waals surface area contributed by atoms with Crippen molar-refractivity contribution in [2.75, 3.05) is 7.11 Å². The van der Waals surface area contributed by atoms with Gasteiger partial charge in [-0.25, -0.2) is 8.42 Å². The van der Waals surface area contributed by atoms with Crippen molar-refractivity contribution >= 4 is 30.6 Å². The van der Waals surface area contributed by atoms with Crippen LogP contribution in [-0.4, -0.2) is 20.5 Å². The maximum Gasteiger partial charge on any atom is 0.265 e. The summed E-state index contributed by atoms with van der Waals surface area (Å²) in [6.07, 6.45) is 1.71. The molecule has 0 aliphatic rings. The fourth-order valence-electron chi connectivity index (χ4n) is 1.49.